The highest BCUT2D eigenvalue weighted by Gasteiger charge is 2.46. The number of carbonyl (C=O) groups is 2. The van der Waals surface area contributed by atoms with Crippen LogP contribution in [0.15, 0.2) is 30.3 Å². The van der Waals surface area contributed by atoms with E-state index < -0.39 is 24.1 Å². The number of carboxylic acids is 1. The highest BCUT2D eigenvalue weighted by atomic mass is 16.5. The molecule has 118 valence electrons. The van der Waals surface area contributed by atoms with Gasteiger partial charge < -0.3 is 19.4 Å². The average molecular weight is 306 g/mol. The van der Waals surface area contributed by atoms with Crippen molar-refractivity contribution in [2.75, 3.05) is 20.6 Å². The Morgan fingerprint density at radius 2 is 1.91 bits per heavy atom. The Morgan fingerprint density at radius 3 is 2.45 bits per heavy atom. The SMILES string of the molecule is C[N+]1(C)C[C@H](OC(=O)C=Cc2ccc(O)cc2)C[C@H]1C(=O)O. The summed E-state index contributed by atoms with van der Waals surface area (Å²) < 4.78 is 5.62. The van der Waals surface area contributed by atoms with Crippen LogP contribution in [-0.4, -0.2) is 59.4 Å². The van der Waals surface area contributed by atoms with Gasteiger partial charge >= 0.3 is 11.9 Å². The number of hydrogen-bond donors (Lipinski definition) is 2. The first-order chi connectivity index (χ1) is 10.3. The molecule has 1 aromatic rings. The number of likely N-dealkylation sites (N-methyl/N-ethyl adjacent to an activating group) is 1. The number of aromatic hydroxyl groups is 1. The van der Waals surface area contributed by atoms with E-state index in [1.54, 1.807) is 18.2 Å². The topological polar surface area (TPSA) is 83.8 Å². The van der Waals surface area contributed by atoms with E-state index in [1.807, 2.05) is 14.1 Å². The predicted octanol–water partition coefficient (Wildman–Crippen LogP) is 1.25. The lowest BCUT2D eigenvalue weighted by Gasteiger charge is -2.28. The van der Waals surface area contributed by atoms with Crippen molar-refractivity contribution in [1.29, 1.82) is 0 Å². The second kappa shape index (κ2) is 6.19. The maximum Gasteiger partial charge on any atom is 0.362 e. The van der Waals surface area contributed by atoms with Crippen LogP contribution in [0.1, 0.15) is 12.0 Å². The van der Waals surface area contributed by atoms with E-state index in [1.165, 1.54) is 18.2 Å². The monoisotopic (exact) mass is 306 g/mol. The maximum absolute atomic E-state index is 11.8. The minimum absolute atomic E-state index is 0.158. The molecule has 0 saturated carbocycles. The molecule has 0 amide bonds. The van der Waals surface area contributed by atoms with Crippen molar-refractivity contribution in [3.63, 3.8) is 0 Å². The molecule has 0 bridgehead atoms. The number of likely N-dealkylation sites (tertiary alicyclic amines) is 1. The first-order valence-electron chi connectivity index (χ1n) is 7.01. The molecule has 1 aromatic carbocycles. The average Bonchev–Trinajstić information content (AvgIpc) is 2.73. The molecule has 6 nitrogen and oxygen atoms in total. The molecule has 22 heavy (non-hydrogen) atoms. The van der Waals surface area contributed by atoms with Crippen molar-refractivity contribution in [2.45, 2.75) is 18.6 Å². The minimum Gasteiger partial charge on any atom is -0.508 e. The number of hydrogen-bond acceptors (Lipinski definition) is 4. The summed E-state index contributed by atoms with van der Waals surface area (Å²) in [5.41, 5.74) is 0.765. The van der Waals surface area contributed by atoms with E-state index in [-0.39, 0.29) is 5.75 Å². The standard InChI is InChI=1S/C16H19NO5/c1-17(2)10-13(9-14(17)16(20)21)22-15(19)8-5-11-3-6-12(18)7-4-11/h3-8,13-14H,9-10H2,1-2H3,(H-,18,19,20,21)/p+1/t13-,14+/m1/s1. The van der Waals surface area contributed by atoms with Crippen molar-refractivity contribution in [3.8, 4) is 5.75 Å². The molecule has 2 rings (SSSR count). The van der Waals surface area contributed by atoms with Crippen molar-refractivity contribution >= 4 is 18.0 Å². The molecule has 2 N–H and O–H groups in total. The zero-order valence-corrected chi connectivity index (χ0v) is 12.6. The summed E-state index contributed by atoms with van der Waals surface area (Å²) >= 11 is 0. The summed E-state index contributed by atoms with van der Waals surface area (Å²) in [6.45, 7) is 0.482. The fourth-order valence-corrected chi connectivity index (χ4v) is 2.70. The Morgan fingerprint density at radius 1 is 1.27 bits per heavy atom. The molecule has 0 aliphatic carbocycles. The number of ether oxygens (including phenoxy) is 1. The van der Waals surface area contributed by atoms with Crippen LogP contribution < -0.4 is 0 Å². The lowest BCUT2D eigenvalue weighted by Crippen LogP contribution is -2.48. The van der Waals surface area contributed by atoms with Crippen molar-refractivity contribution in [2.24, 2.45) is 0 Å². The molecule has 1 saturated heterocycles. The third kappa shape index (κ3) is 3.85. The van der Waals surface area contributed by atoms with Crippen LogP contribution >= 0.6 is 0 Å². The molecule has 1 aliphatic heterocycles. The lowest BCUT2D eigenvalue weighted by atomic mass is 10.2. The fraction of sp³-hybridized carbons (Fsp3) is 0.375. The minimum atomic E-state index is -0.872. The number of carboxylic acid groups (broad SMARTS) is 1. The molecule has 0 aromatic heterocycles. The van der Waals surface area contributed by atoms with Gasteiger partial charge in [0.1, 0.15) is 12.3 Å². The number of quaternary nitrogens is 1. The van der Waals surface area contributed by atoms with Crippen LogP contribution in [0.3, 0.4) is 0 Å². The first-order valence-corrected chi connectivity index (χ1v) is 7.01. The summed E-state index contributed by atoms with van der Waals surface area (Å²) in [6, 6.07) is 5.85. The first kappa shape index (κ1) is 16.0. The van der Waals surface area contributed by atoms with Crippen molar-refractivity contribution in [3.05, 3.63) is 35.9 Å². The summed E-state index contributed by atoms with van der Waals surface area (Å²) in [7, 11) is 3.64. The molecule has 0 unspecified atom stereocenters. The summed E-state index contributed by atoms with van der Waals surface area (Å²) in [5.74, 6) is -1.21. The molecule has 0 radical (unpaired) electrons. The third-order valence-corrected chi connectivity index (χ3v) is 3.88. The summed E-state index contributed by atoms with van der Waals surface area (Å²) in [6.07, 6.45) is 2.82. The van der Waals surface area contributed by atoms with Gasteiger partial charge in [0.15, 0.2) is 12.1 Å². The Hall–Kier alpha value is -2.34. The fourth-order valence-electron chi connectivity index (χ4n) is 2.70. The summed E-state index contributed by atoms with van der Waals surface area (Å²) in [5, 5.41) is 18.4. The molecular weight excluding hydrogens is 286 g/mol. The van der Waals surface area contributed by atoms with Crippen LogP contribution in [0.2, 0.25) is 0 Å². The Labute approximate surface area is 128 Å². The number of aliphatic carboxylic acids is 1. The quantitative estimate of drug-likeness (QED) is 0.497. The molecule has 1 fully saturated rings. The van der Waals surface area contributed by atoms with Crippen LogP contribution in [0, 0.1) is 0 Å². The largest absolute Gasteiger partial charge is 0.508 e. The Balaban J connectivity index is 1.93. The van der Waals surface area contributed by atoms with Gasteiger partial charge in [0.2, 0.25) is 0 Å². The Bertz CT molecular complexity index is 591. The van der Waals surface area contributed by atoms with Gasteiger partial charge in [0.25, 0.3) is 0 Å². The number of carbonyl (C=O) groups excluding carboxylic acids is 1. The number of rotatable bonds is 4. The van der Waals surface area contributed by atoms with Gasteiger partial charge in [-0.25, -0.2) is 9.59 Å². The number of benzene rings is 1. The maximum atomic E-state index is 11.8. The van der Waals surface area contributed by atoms with Crippen molar-refractivity contribution in [1.82, 2.24) is 0 Å². The van der Waals surface area contributed by atoms with Crippen LogP contribution in [0.25, 0.3) is 6.08 Å². The van der Waals surface area contributed by atoms with Crippen LogP contribution in [0.4, 0.5) is 0 Å². The Kier molecular flexibility index (Phi) is 4.51. The molecule has 2 atom stereocenters. The van der Waals surface area contributed by atoms with Gasteiger partial charge in [-0.1, -0.05) is 12.1 Å². The molecule has 1 aliphatic rings. The number of phenolic OH excluding ortho intramolecular Hbond substituents is 1. The second-order valence-electron chi connectivity index (χ2n) is 6.03. The van der Waals surface area contributed by atoms with Crippen LogP contribution in [0.5, 0.6) is 5.75 Å². The molecule has 0 spiro atoms. The van der Waals surface area contributed by atoms with E-state index in [4.69, 9.17) is 4.74 Å². The number of nitrogens with zero attached hydrogens (tertiary/aromatic N) is 1. The second-order valence-corrected chi connectivity index (χ2v) is 6.03. The predicted molar refractivity (Wildman–Crippen MR) is 80.0 cm³/mol. The normalized spacial score (nSPS) is 23.5. The van der Waals surface area contributed by atoms with Crippen LogP contribution in [-0.2, 0) is 14.3 Å². The third-order valence-electron chi connectivity index (χ3n) is 3.88. The highest BCUT2D eigenvalue weighted by Crippen LogP contribution is 2.25. The zero-order chi connectivity index (χ0) is 16.3. The number of esters is 1. The van der Waals surface area contributed by atoms with E-state index in [9.17, 15) is 19.8 Å². The van der Waals surface area contributed by atoms with Gasteiger partial charge in [0.05, 0.1) is 20.5 Å². The zero-order valence-electron chi connectivity index (χ0n) is 12.6. The van der Waals surface area contributed by atoms with E-state index >= 15 is 0 Å². The van der Waals surface area contributed by atoms with Crippen molar-refractivity contribution < 1.29 is 29.0 Å². The van der Waals surface area contributed by atoms with Gasteiger partial charge in [0, 0.05) is 6.08 Å². The smallest absolute Gasteiger partial charge is 0.362 e. The number of phenols is 1. The van der Waals surface area contributed by atoms with Gasteiger partial charge in [-0.15, -0.1) is 0 Å². The lowest BCUT2D eigenvalue weighted by molar-refractivity contribution is -0.894. The summed E-state index contributed by atoms with van der Waals surface area (Å²) in [4.78, 5) is 23.0. The van der Waals surface area contributed by atoms with Gasteiger partial charge in [-0.2, -0.15) is 0 Å². The molecule has 6 heteroatoms. The van der Waals surface area contributed by atoms with Gasteiger partial charge in [-0.3, -0.25) is 0 Å². The van der Waals surface area contributed by atoms with E-state index in [0.717, 1.165) is 5.56 Å². The molecular formula is C16H20NO5+. The van der Waals surface area contributed by atoms with E-state index in [2.05, 4.69) is 0 Å². The van der Waals surface area contributed by atoms with E-state index in [0.29, 0.717) is 17.4 Å². The van der Waals surface area contributed by atoms with Gasteiger partial charge in [-0.05, 0) is 23.8 Å². The highest BCUT2D eigenvalue weighted by molar-refractivity contribution is 5.87. The molecule has 1 heterocycles.